The van der Waals surface area contributed by atoms with E-state index < -0.39 is 0 Å². The van der Waals surface area contributed by atoms with Crippen LogP contribution in [0.15, 0.2) is 33.2 Å². The Morgan fingerprint density at radius 3 is 2.79 bits per heavy atom. The van der Waals surface area contributed by atoms with Gasteiger partial charge in [0.2, 0.25) is 23.5 Å². The number of halogens is 1. The maximum absolute atomic E-state index is 5.89. The van der Waals surface area contributed by atoms with Crippen LogP contribution in [-0.4, -0.2) is 20.3 Å². The van der Waals surface area contributed by atoms with Gasteiger partial charge in [0.25, 0.3) is 0 Å². The van der Waals surface area contributed by atoms with Crippen LogP contribution in [-0.2, 0) is 6.54 Å². The standard InChI is InChI=1S/C16H16ClN5O2/c1-9(18-8-13-20-21-16(23-13)11-2-3-11)15-19-14(22-24-15)10-4-6-12(17)7-5-10/h4-7,9,11,18H,2-3,8H2,1H3. The first-order valence-electron chi connectivity index (χ1n) is 7.84. The van der Waals surface area contributed by atoms with Crippen molar-refractivity contribution in [1.29, 1.82) is 0 Å². The highest BCUT2D eigenvalue weighted by Crippen LogP contribution is 2.39. The van der Waals surface area contributed by atoms with Crippen molar-refractivity contribution < 1.29 is 8.94 Å². The molecule has 2 aromatic heterocycles. The summed E-state index contributed by atoms with van der Waals surface area (Å²) in [6.07, 6.45) is 2.28. The highest BCUT2D eigenvalue weighted by atomic mass is 35.5. The molecule has 2 heterocycles. The second-order valence-corrected chi connectivity index (χ2v) is 6.31. The van der Waals surface area contributed by atoms with E-state index in [1.54, 1.807) is 12.1 Å². The fraction of sp³-hybridized carbons (Fsp3) is 0.375. The molecule has 1 saturated carbocycles. The molecule has 1 aromatic carbocycles. The fourth-order valence-corrected chi connectivity index (χ4v) is 2.41. The lowest BCUT2D eigenvalue weighted by Gasteiger charge is -2.06. The molecule has 0 radical (unpaired) electrons. The molecule has 4 rings (SSSR count). The predicted molar refractivity (Wildman–Crippen MR) is 86.3 cm³/mol. The normalized spacial score (nSPS) is 15.6. The molecule has 0 bridgehead atoms. The molecule has 0 saturated heterocycles. The Hall–Kier alpha value is -2.25. The number of hydrogen-bond acceptors (Lipinski definition) is 7. The maximum Gasteiger partial charge on any atom is 0.243 e. The molecule has 0 aliphatic heterocycles. The summed E-state index contributed by atoms with van der Waals surface area (Å²) >= 11 is 5.89. The van der Waals surface area contributed by atoms with Crippen molar-refractivity contribution in [1.82, 2.24) is 25.7 Å². The molecule has 1 unspecified atom stereocenters. The van der Waals surface area contributed by atoms with E-state index in [0.717, 1.165) is 24.3 Å². The molecule has 8 heteroatoms. The quantitative estimate of drug-likeness (QED) is 0.731. The number of aromatic nitrogens is 4. The zero-order chi connectivity index (χ0) is 16.5. The molecule has 24 heavy (non-hydrogen) atoms. The number of rotatable bonds is 6. The molecule has 1 N–H and O–H groups in total. The lowest BCUT2D eigenvalue weighted by Crippen LogP contribution is -2.18. The van der Waals surface area contributed by atoms with Crippen LogP contribution in [0.1, 0.15) is 49.4 Å². The van der Waals surface area contributed by atoms with Crippen LogP contribution in [0.3, 0.4) is 0 Å². The lowest BCUT2D eigenvalue weighted by molar-refractivity contribution is 0.330. The van der Waals surface area contributed by atoms with Gasteiger partial charge in [-0.1, -0.05) is 16.8 Å². The third-order valence-corrected chi connectivity index (χ3v) is 4.14. The number of nitrogens with one attached hydrogen (secondary N) is 1. The van der Waals surface area contributed by atoms with E-state index in [2.05, 4.69) is 25.7 Å². The van der Waals surface area contributed by atoms with E-state index in [9.17, 15) is 0 Å². The van der Waals surface area contributed by atoms with Gasteiger partial charge in [-0.3, -0.25) is 5.32 Å². The van der Waals surface area contributed by atoms with Crippen LogP contribution in [0.4, 0.5) is 0 Å². The maximum atomic E-state index is 5.89. The van der Waals surface area contributed by atoms with Gasteiger partial charge in [0.05, 0.1) is 12.6 Å². The van der Waals surface area contributed by atoms with Crippen molar-refractivity contribution >= 4 is 11.6 Å². The summed E-state index contributed by atoms with van der Waals surface area (Å²) in [5.41, 5.74) is 0.854. The van der Waals surface area contributed by atoms with Gasteiger partial charge in [0.15, 0.2) is 0 Å². The van der Waals surface area contributed by atoms with Crippen LogP contribution in [0.5, 0.6) is 0 Å². The summed E-state index contributed by atoms with van der Waals surface area (Å²) in [7, 11) is 0. The van der Waals surface area contributed by atoms with Gasteiger partial charge in [-0.2, -0.15) is 4.98 Å². The molecule has 124 valence electrons. The minimum absolute atomic E-state index is 0.130. The van der Waals surface area contributed by atoms with Crippen molar-refractivity contribution in [2.24, 2.45) is 0 Å². The van der Waals surface area contributed by atoms with E-state index in [4.69, 9.17) is 20.5 Å². The van der Waals surface area contributed by atoms with Crippen LogP contribution >= 0.6 is 11.6 Å². The topological polar surface area (TPSA) is 89.9 Å². The Morgan fingerprint density at radius 1 is 1.25 bits per heavy atom. The summed E-state index contributed by atoms with van der Waals surface area (Å²) in [5.74, 6) is 2.80. The van der Waals surface area contributed by atoms with Gasteiger partial charge in [0.1, 0.15) is 0 Å². The molecule has 3 aromatic rings. The van der Waals surface area contributed by atoms with Crippen molar-refractivity contribution in [3.8, 4) is 11.4 Å². The van der Waals surface area contributed by atoms with Gasteiger partial charge >= 0.3 is 0 Å². The van der Waals surface area contributed by atoms with E-state index in [-0.39, 0.29) is 6.04 Å². The molecule has 1 aliphatic carbocycles. The zero-order valence-corrected chi connectivity index (χ0v) is 13.8. The average molecular weight is 346 g/mol. The minimum Gasteiger partial charge on any atom is -0.424 e. The highest BCUT2D eigenvalue weighted by molar-refractivity contribution is 6.30. The van der Waals surface area contributed by atoms with E-state index in [1.165, 1.54) is 0 Å². The minimum atomic E-state index is -0.130. The monoisotopic (exact) mass is 345 g/mol. The summed E-state index contributed by atoms with van der Waals surface area (Å²) in [6.45, 7) is 2.40. The molecule has 1 fully saturated rings. The third kappa shape index (κ3) is 3.32. The number of nitrogens with zero attached hydrogens (tertiary/aromatic N) is 4. The Bertz CT molecular complexity index is 825. The second-order valence-electron chi connectivity index (χ2n) is 5.87. The van der Waals surface area contributed by atoms with E-state index in [0.29, 0.717) is 35.1 Å². The fourth-order valence-electron chi connectivity index (χ4n) is 2.29. The van der Waals surface area contributed by atoms with E-state index >= 15 is 0 Å². The first kappa shape index (κ1) is 15.3. The first-order valence-corrected chi connectivity index (χ1v) is 8.22. The smallest absolute Gasteiger partial charge is 0.243 e. The van der Waals surface area contributed by atoms with Crippen LogP contribution < -0.4 is 5.32 Å². The van der Waals surface area contributed by atoms with E-state index in [1.807, 2.05) is 19.1 Å². The van der Waals surface area contributed by atoms with Gasteiger partial charge < -0.3 is 8.94 Å². The average Bonchev–Trinajstić information content (AvgIpc) is 3.13. The first-order chi connectivity index (χ1) is 11.7. The van der Waals surface area contributed by atoms with Crippen molar-refractivity contribution in [3.05, 3.63) is 47.0 Å². The Kier molecular flexibility index (Phi) is 4.03. The van der Waals surface area contributed by atoms with Crippen LogP contribution in [0.25, 0.3) is 11.4 Å². The third-order valence-electron chi connectivity index (χ3n) is 3.88. The molecular weight excluding hydrogens is 330 g/mol. The van der Waals surface area contributed by atoms with Crippen molar-refractivity contribution in [3.63, 3.8) is 0 Å². The summed E-state index contributed by atoms with van der Waals surface area (Å²) in [5, 5.41) is 16.0. The summed E-state index contributed by atoms with van der Waals surface area (Å²) in [6, 6.07) is 7.16. The van der Waals surface area contributed by atoms with Crippen LogP contribution in [0.2, 0.25) is 5.02 Å². The Balaban J connectivity index is 1.38. The molecule has 7 nitrogen and oxygen atoms in total. The Labute approximate surface area is 143 Å². The summed E-state index contributed by atoms with van der Waals surface area (Å²) in [4.78, 5) is 4.42. The van der Waals surface area contributed by atoms with Gasteiger partial charge in [-0.05, 0) is 44.0 Å². The van der Waals surface area contributed by atoms with Crippen molar-refractivity contribution in [2.45, 2.75) is 38.3 Å². The highest BCUT2D eigenvalue weighted by Gasteiger charge is 2.29. The predicted octanol–water partition coefficient (Wildman–Crippen LogP) is 3.50. The number of benzene rings is 1. The second kappa shape index (κ2) is 6.33. The SMILES string of the molecule is CC(NCc1nnc(C2CC2)o1)c1nc(-c2ccc(Cl)cc2)no1. The largest absolute Gasteiger partial charge is 0.424 e. The molecule has 0 amide bonds. The van der Waals surface area contributed by atoms with Crippen LogP contribution in [0, 0.1) is 0 Å². The zero-order valence-electron chi connectivity index (χ0n) is 13.1. The molecular formula is C16H16ClN5O2. The molecule has 0 spiro atoms. The lowest BCUT2D eigenvalue weighted by atomic mass is 10.2. The van der Waals surface area contributed by atoms with Gasteiger partial charge in [-0.15, -0.1) is 10.2 Å². The summed E-state index contributed by atoms with van der Waals surface area (Å²) < 4.78 is 10.9. The number of hydrogen-bond donors (Lipinski definition) is 1. The molecule has 1 atom stereocenters. The van der Waals surface area contributed by atoms with Gasteiger partial charge in [0, 0.05) is 16.5 Å². The van der Waals surface area contributed by atoms with Crippen molar-refractivity contribution in [2.75, 3.05) is 0 Å². The van der Waals surface area contributed by atoms with Gasteiger partial charge in [-0.25, -0.2) is 0 Å². The molecule has 1 aliphatic rings. The Morgan fingerprint density at radius 2 is 2.04 bits per heavy atom.